The van der Waals surface area contributed by atoms with Crippen molar-refractivity contribution in [2.24, 2.45) is 0 Å². The molecule has 0 amide bonds. The molecular formula is C15H27N3O2S. The zero-order valence-electron chi connectivity index (χ0n) is 13.5. The first-order valence-electron chi connectivity index (χ1n) is 7.82. The Hall–Kier alpha value is -0.880. The second-order valence-corrected chi connectivity index (χ2v) is 8.74. The van der Waals surface area contributed by atoms with Gasteiger partial charge in [-0.25, -0.2) is 13.1 Å². The molecule has 0 bridgehead atoms. The fourth-order valence-corrected chi connectivity index (χ4v) is 4.33. The average molecular weight is 313 g/mol. The van der Waals surface area contributed by atoms with Crippen LogP contribution in [-0.4, -0.2) is 24.0 Å². The average Bonchev–Trinajstić information content (AvgIpc) is 2.81. The minimum Gasteiger partial charge on any atom is -0.264 e. The molecule has 1 aromatic rings. The third-order valence-electron chi connectivity index (χ3n) is 3.91. The topological polar surface area (TPSA) is 64.0 Å². The third kappa shape index (κ3) is 3.86. The van der Waals surface area contributed by atoms with Crippen LogP contribution in [0.3, 0.4) is 0 Å². The summed E-state index contributed by atoms with van der Waals surface area (Å²) in [6, 6.07) is -0.119. The number of rotatable bonds is 5. The van der Waals surface area contributed by atoms with Crippen molar-refractivity contribution in [2.45, 2.75) is 71.4 Å². The maximum absolute atomic E-state index is 12.1. The van der Waals surface area contributed by atoms with Gasteiger partial charge >= 0.3 is 0 Å². The summed E-state index contributed by atoms with van der Waals surface area (Å²) < 4.78 is 29.2. The lowest BCUT2D eigenvalue weighted by atomic mass is 9.93. The van der Waals surface area contributed by atoms with E-state index in [1.54, 1.807) is 0 Å². The predicted octanol–water partition coefficient (Wildman–Crippen LogP) is 2.74. The fourth-order valence-electron chi connectivity index (χ4n) is 2.87. The summed E-state index contributed by atoms with van der Waals surface area (Å²) >= 11 is 0. The maximum atomic E-state index is 12.1. The number of hydrogen-bond donors (Lipinski definition) is 1. The quantitative estimate of drug-likeness (QED) is 0.909. The number of aromatic nitrogens is 2. The van der Waals surface area contributed by atoms with Crippen LogP contribution in [0.25, 0.3) is 0 Å². The Labute approximate surface area is 128 Å². The van der Waals surface area contributed by atoms with Crippen LogP contribution in [0.1, 0.15) is 70.7 Å². The number of nitrogens with zero attached hydrogens (tertiary/aromatic N) is 2. The summed E-state index contributed by atoms with van der Waals surface area (Å²) in [5.74, 6) is 0.211. The molecule has 0 radical (unpaired) electrons. The summed E-state index contributed by atoms with van der Waals surface area (Å²) in [5.41, 5.74) is 2.16. The summed E-state index contributed by atoms with van der Waals surface area (Å²) in [6.45, 7) is 8.36. The summed E-state index contributed by atoms with van der Waals surface area (Å²) in [4.78, 5) is 0. The first-order valence-corrected chi connectivity index (χ1v) is 9.47. The first kappa shape index (κ1) is 16.5. The van der Waals surface area contributed by atoms with E-state index in [9.17, 15) is 8.42 Å². The lowest BCUT2D eigenvalue weighted by Crippen LogP contribution is -2.33. The number of unbranched alkanes of at least 4 members (excludes halogenated alkanes) is 1. The van der Waals surface area contributed by atoms with E-state index in [0.29, 0.717) is 6.42 Å². The lowest BCUT2D eigenvalue weighted by molar-refractivity contribution is 0.336. The zero-order chi connectivity index (χ0) is 15.7. The van der Waals surface area contributed by atoms with Crippen LogP contribution in [0.2, 0.25) is 0 Å². The van der Waals surface area contributed by atoms with Crippen LogP contribution in [-0.2, 0) is 22.0 Å². The van der Waals surface area contributed by atoms with Crippen LogP contribution in [0, 0.1) is 0 Å². The van der Waals surface area contributed by atoms with Gasteiger partial charge in [0.25, 0.3) is 0 Å². The molecular weight excluding hydrogens is 286 g/mol. The highest BCUT2D eigenvalue weighted by Crippen LogP contribution is 2.32. The second-order valence-electron chi connectivity index (χ2n) is 6.86. The Morgan fingerprint density at radius 1 is 1.43 bits per heavy atom. The SMILES string of the molecule is CCCCS(=O)(=O)N[C@H]1CCCc2c1cnn2C(C)(C)C. The van der Waals surface area contributed by atoms with E-state index in [1.165, 1.54) is 5.69 Å². The van der Waals surface area contributed by atoms with Gasteiger partial charge in [0.2, 0.25) is 10.0 Å². The highest BCUT2D eigenvalue weighted by Gasteiger charge is 2.30. The maximum Gasteiger partial charge on any atom is 0.212 e. The molecule has 0 spiro atoms. The Bertz CT molecular complexity index is 585. The van der Waals surface area contributed by atoms with E-state index < -0.39 is 10.0 Å². The molecule has 1 heterocycles. The van der Waals surface area contributed by atoms with Gasteiger partial charge in [0.05, 0.1) is 23.5 Å². The van der Waals surface area contributed by atoms with Crippen molar-refractivity contribution >= 4 is 10.0 Å². The molecule has 6 heteroatoms. The van der Waals surface area contributed by atoms with Crippen molar-refractivity contribution in [1.29, 1.82) is 0 Å². The highest BCUT2D eigenvalue weighted by atomic mass is 32.2. The van der Waals surface area contributed by atoms with Crippen LogP contribution in [0.4, 0.5) is 0 Å². The standard InChI is InChI=1S/C15H27N3O2S/c1-5-6-10-21(19,20)17-13-8-7-9-14-12(13)11-16-18(14)15(2,3)4/h11,13,17H,5-10H2,1-4H3/t13-/m0/s1. The molecule has 120 valence electrons. The van der Waals surface area contributed by atoms with Crippen LogP contribution in [0.15, 0.2) is 6.20 Å². The molecule has 21 heavy (non-hydrogen) atoms. The first-order chi connectivity index (χ1) is 9.74. The van der Waals surface area contributed by atoms with Gasteiger partial charge in [0.15, 0.2) is 0 Å². The summed E-state index contributed by atoms with van der Waals surface area (Å²) in [7, 11) is -3.20. The lowest BCUT2D eigenvalue weighted by Gasteiger charge is -2.28. The molecule has 1 aliphatic rings. The van der Waals surface area contributed by atoms with Crippen LogP contribution < -0.4 is 4.72 Å². The summed E-state index contributed by atoms with van der Waals surface area (Å²) in [6.07, 6.45) is 6.26. The van der Waals surface area contributed by atoms with Crippen molar-refractivity contribution in [3.8, 4) is 0 Å². The fraction of sp³-hybridized carbons (Fsp3) is 0.800. The van der Waals surface area contributed by atoms with E-state index in [-0.39, 0.29) is 17.3 Å². The molecule has 1 atom stereocenters. The molecule has 1 N–H and O–H groups in total. The normalized spacial score (nSPS) is 19.5. The van der Waals surface area contributed by atoms with E-state index in [4.69, 9.17) is 0 Å². The molecule has 0 saturated heterocycles. The van der Waals surface area contributed by atoms with Gasteiger partial charge in [-0.2, -0.15) is 5.10 Å². The molecule has 2 rings (SSSR count). The molecule has 0 fully saturated rings. The Kier molecular flexibility index (Phi) is 4.78. The van der Waals surface area contributed by atoms with Gasteiger partial charge in [-0.3, -0.25) is 4.68 Å². The molecule has 1 aromatic heterocycles. The Morgan fingerprint density at radius 3 is 2.76 bits per heavy atom. The third-order valence-corrected chi connectivity index (χ3v) is 5.38. The van der Waals surface area contributed by atoms with Gasteiger partial charge in [-0.05, 0) is 46.5 Å². The van der Waals surface area contributed by atoms with Crippen LogP contribution in [0.5, 0.6) is 0 Å². The smallest absolute Gasteiger partial charge is 0.212 e. The minimum absolute atomic E-state index is 0.0729. The van der Waals surface area contributed by atoms with Gasteiger partial charge in [0, 0.05) is 11.3 Å². The minimum atomic E-state index is -3.20. The highest BCUT2D eigenvalue weighted by molar-refractivity contribution is 7.89. The predicted molar refractivity (Wildman–Crippen MR) is 84.7 cm³/mol. The number of sulfonamides is 1. The molecule has 1 aliphatic carbocycles. The molecule has 0 aliphatic heterocycles. The van der Waals surface area contributed by atoms with Crippen molar-refractivity contribution in [3.63, 3.8) is 0 Å². The number of fused-ring (bicyclic) bond motifs is 1. The van der Waals surface area contributed by atoms with Gasteiger partial charge < -0.3 is 0 Å². The molecule has 0 saturated carbocycles. The number of nitrogens with one attached hydrogen (secondary N) is 1. The molecule has 0 aromatic carbocycles. The largest absolute Gasteiger partial charge is 0.264 e. The van der Waals surface area contributed by atoms with Crippen molar-refractivity contribution in [3.05, 3.63) is 17.5 Å². The van der Waals surface area contributed by atoms with E-state index in [2.05, 4.69) is 30.6 Å². The monoisotopic (exact) mass is 313 g/mol. The molecule has 0 unspecified atom stereocenters. The van der Waals surface area contributed by atoms with Crippen LogP contribution >= 0.6 is 0 Å². The second kappa shape index (κ2) is 6.08. The molecule has 5 nitrogen and oxygen atoms in total. The van der Waals surface area contributed by atoms with Crippen molar-refractivity contribution < 1.29 is 8.42 Å². The summed E-state index contributed by atoms with van der Waals surface area (Å²) in [5, 5.41) is 4.49. The Balaban J connectivity index is 2.22. The van der Waals surface area contributed by atoms with Gasteiger partial charge in [0.1, 0.15) is 0 Å². The van der Waals surface area contributed by atoms with E-state index >= 15 is 0 Å². The van der Waals surface area contributed by atoms with Crippen molar-refractivity contribution in [2.75, 3.05) is 5.75 Å². The zero-order valence-corrected chi connectivity index (χ0v) is 14.3. The van der Waals surface area contributed by atoms with Crippen molar-refractivity contribution in [1.82, 2.24) is 14.5 Å². The van der Waals surface area contributed by atoms with E-state index in [0.717, 1.165) is 31.2 Å². The van der Waals surface area contributed by atoms with Gasteiger partial charge in [-0.1, -0.05) is 13.3 Å². The number of hydrogen-bond acceptors (Lipinski definition) is 3. The van der Waals surface area contributed by atoms with Gasteiger partial charge in [-0.15, -0.1) is 0 Å². The van der Waals surface area contributed by atoms with E-state index in [1.807, 2.05) is 17.8 Å². The Morgan fingerprint density at radius 2 is 2.14 bits per heavy atom.